The molecule has 0 saturated carbocycles. The van der Waals surface area contributed by atoms with Gasteiger partial charge in [0.05, 0.1) is 25.0 Å². The van der Waals surface area contributed by atoms with Gasteiger partial charge in [0, 0.05) is 18.3 Å². The third kappa shape index (κ3) is 1.62. The molecule has 1 unspecified atom stereocenters. The first kappa shape index (κ1) is 11.0. The average Bonchev–Trinajstić information content (AvgIpc) is 2.98. The second kappa shape index (κ2) is 3.99. The number of nitrogens with zero attached hydrogens (tertiary/aromatic N) is 1. The molecule has 1 aliphatic heterocycles. The van der Waals surface area contributed by atoms with E-state index in [1.165, 1.54) is 0 Å². The Kier molecular flexibility index (Phi) is 2.45. The zero-order valence-corrected chi connectivity index (χ0v) is 10.1. The smallest absolute Gasteiger partial charge is 0.231 e. The zero-order chi connectivity index (χ0) is 12.7. The van der Waals surface area contributed by atoms with Crippen molar-refractivity contribution < 1.29 is 9.21 Å². The Bertz CT molecular complexity index is 590. The van der Waals surface area contributed by atoms with E-state index < -0.39 is 0 Å². The van der Waals surface area contributed by atoms with Crippen LogP contribution in [0.5, 0.6) is 0 Å². The molecule has 0 aliphatic carbocycles. The van der Waals surface area contributed by atoms with Gasteiger partial charge in [0.2, 0.25) is 5.91 Å². The van der Waals surface area contributed by atoms with E-state index in [1.807, 2.05) is 24.3 Å². The molecule has 2 heterocycles. The lowest BCUT2D eigenvalue weighted by Crippen LogP contribution is -2.20. The number of amides is 1. The van der Waals surface area contributed by atoms with E-state index in [1.54, 1.807) is 24.5 Å². The number of furan rings is 1. The average molecular weight is 242 g/mol. The van der Waals surface area contributed by atoms with Crippen molar-refractivity contribution in [2.75, 3.05) is 11.9 Å². The number of carbonyl (C=O) groups excluding carboxylic acids is 1. The Morgan fingerprint density at radius 1 is 1.33 bits per heavy atom. The van der Waals surface area contributed by atoms with Gasteiger partial charge >= 0.3 is 0 Å². The van der Waals surface area contributed by atoms with Gasteiger partial charge in [-0.2, -0.15) is 0 Å². The van der Waals surface area contributed by atoms with Crippen LogP contribution >= 0.6 is 0 Å². The van der Waals surface area contributed by atoms with E-state index in [4.69, 9.17) is 10.2 Å². The van der Waals surface area contributed by atoms with Crippen LogP contribution in [0.1, 0.15) is 22.7 Å². The summed E-state index contributed by atoms with van der Waals surface area (Å²) in [7, 11) is 1.80. The molecule has 1 aliphatic rings. The van der Waals surface area contributed by atoms with Gasteiger partial charge in [-0.1, -0.05) is 12.1 Å². The van der Waals surface area contributed by atoms with E-state index in [-0.39, 0.29) is 11.9 Å². The molecular formula is C14H14N2O2. The number of fused-ring (bicyclic) bond motifs is 1. The Labute approximate surface area is 105 Å². The molecule has 4 heteroatoms. The predicted octanol–water partition coefficient (Wildman–Crippen LogP) is 1.85. The molecule has 1 amide bonds. The van der Waals surface area contributed by atoms with Crippen molar-refractivity contribution in [3.63, 3.8) is 0 Å². The number of hydrogen-bond acceptors (Lipinski definition) is 3. The minimum Gasteiger partial charge on any atom is -0.472 e. The first-order valence-corrected chi connectivity index (χ1v) is 5.84. The Balaban J connectivity index is 1.97. The molecule has 2 aromatic rings. The van der Waals surface area contributed by atoms with E-state index in [2.05, 4.69) is 0 Å². The standard InChI is InChI=1S/C14H14N2O2/c1-16-12-3-2-9(6-11(12)7-13(16)17)14(15)10-4-5-18-8-10/h2-6,8,14H,7,15H2,1H3. The number of anilines is 1. The van der Waals surface area contributed by atoms with Gasteiger partial charge in [0.15, 0.2) is 0 Å². The Morgan fingerprint density at radius 2 is 2.17 bits per heavy atom. The van der Waals surface area contributed by atoms with Crippen LogP contribution in [-0.2, 0) is 11.2 Å². The van der Waals surface area contributed by atoms with Crippen molar-refractivity contribution in [2.45, 2.75) is 12.5 Å². The number of nitrogens with two attached hydrogens (primary N) is 1. The summed E-state index contributed by atoms with van der Waals surface area (Å²) in [6, 6.07) is 7.57. The summed E-state index contributed by atoms with van der Waals surface area (Å²) in [5.74, 6) is 0.124. The fraction of sp³-hybridized carbons (Fsp3) is 0.214. The van der Waals surface area contributed by atoms with Crippen molar-refractivity contribution >= 4 is 11.6 Å². The molecule has 92 valence electrons. The molecular weight excluding hydrogens is 228 g/mol. The Hall–Kier alpha value is -2.07. The molecule has 0 bridgehead atoms. The molecule has 18 heavy (non-hydrogen) atoms. The highest BCUT2D eigenvalue weighted by atomic mass is 16.3. The van der Waals surface area contributed by atoms with Crippen LogP contribution in [0.3, 0.4) is 0 Å². The summed E-state index contributed by atoms with van der Waals surface area (Å²) in [4.78, 5) is 13.3. The van der Waals surface area contributed by atoms with E-state index >= 15 is 0 Å². The lowest BCUT2D eigenvalue weighted by atomic mass is 9.99. The largest absolute Gasteiger partial charge is 0.472 e. The lowest BCUT2D eigenvalue weighted by molar-refractivity contribution is -0.117. The molecule has 1 atom stereocenters. The molecule has 0 radical (unpaired) electrons. The van der Waals surface area contributed by atoms with Crippen molar-refractivity contribution in [1.82, 2.24) is 0 Å². The van der Waals surface area contributed by atoms with Gasteiger partial charge in [-0.15, -0.1) is 0 Å². The maximum Gasteiger partial charge on any atom is 0.231 e. The van der Waals surface area contributed by atoms with E-state index in [0.29, 0.717) is 6.42 Å². The number of carbonyl (C=O) groups is 1. The van der Waals surface area contributed by atoms with Gasteiger partial charge in [0.1, 0.15) is 0 Å². The monoisotopic (exact) mass is 242 g/mol. The quantitative estimate of drug-likeness (QED) is 0.874. The van der Waals surface area contributed by atoms with Gasteiger partial charge in [-0.05, 0) is 23.3 Å². The molecule has 4 nitrogen and oxygen atoms in total. The zero-order valence-electron chi connectivity index (χ0n) is 10.1. The number of benzene rings is 1. The summed E-state index contributed by atoms with van der Waals surface area (Å²) in [6.45, 7) is 0. The van der Waals surface area contributed by atoms with Crippen molar-refractivity contribution in [3.05, 3.63) is 53.5 Å². The lowest BCUT2D eigenvalue weighted by Gasteiger charge is -2.13. The number of likely N-dealkylation sites (N-methyl/N-ethyl adjacent to an activating group) is 1. The summed E-state index contributed by atoms with van der Waals surface area (Å²) >= 11 is 0. The van der Waals surface area contributed by atoms with E-state index in [0.717, 1.165) is 22.4 Å². The first-order chi connectivity index (χ1) is 8.66. The van der Waals surface area contributed by atoms with Crippen molar-refractivity contribution in [1.29, 1.82) is 0 Å². The van der Waals surface area contributed by atoms with Crippen LogP contribution in [0, 0.1) is 0 Å². The van der Waals surface area contributed by atoms with Crippen LogP contribution in [0.25, 0.3) is 0 Å². The minimum absolute atomic E-state index is 0.124. The summed E-state index contributed by atoms with van der Waals surface area (Å²) in [6.07, 6.45) is 3.72. The maximum absolute atomic E-state index is 11.6. The third-order valence-electron chi connectivity index (χ3n) is 3.44. The predicted molar refractivity (Wildman–Crippen MR) is 68.3 cm³/mol. The maximum atomic E-state index is 11.6. The normalized spacial score (nSPS) is 15.9. The fourth-order valence-corrected chi connectivity index (χ4v) is 2.33. The molecule has 3 rings (SSSR count). The van der Waals surface area contributed by atoms with Crippen LogP contribution < -0.4 is 10.6 Å². The van der Waals surface area contributed by atoms with Crippen molar-refractivity contribution in [3.8, 4) is 0 Å². The topological polar surface area (TPSA) is 59.5 Å². The highest BCUT2D eigenvalue weighted by molar-refractivity contribution is 6.00. The molecule has 0 spiro atoms. The highest BCUT2D eigenvalue weighted by Gasteiger charge is 2.24. The fourth-order valence-electron chi connectivity index (χ4n) is 2.33. The van der Waals surface area contributed by atoms with Crippen LogP contribution in [0.15, 0.2) is 41.2 Å². The second-order valence-corrected chi connectivity index (χ2v) is 4.55. The Morgan fingerprint density at radius 3 is 2.89 bits per heavy atom. The minimum atomic E-state index is -0.213. The first-order valence-electron chi connectivity index (χ1n) is 5.84. The molecule has 1 aromatic heterocycles. The second-order valence-electron chi connectivity index (χ2n) is 4.55. The van der Waals surface area contributed by atoms with Crippen molar-refractivity contribution in [2.24, 2.45) is 5.73 Å². The van der Waals surface area contributed by atoms with Crippen LogP contribution in [0.2, 0.25) is 0 Å². The summed E-state index contributed by atoms with van der Waals surface area (Å²) in [5.41, 5.74) is 10.1. The molecule has 1 aromatic carbocycles. The van der Waals surface area contributed by atoms with E-state index in [9.17, 15) is 4.79 Å². The van der Waals surface area contributed by atoms with Crippen LogP contribution in [0.4, 0.5) is 5.69 Å². The van der Waals surface area contributed by atoms with Gasteiger partial charge in [-0.3, -0.25) is 4.79 Å². The summed E-state index contributed by atoms with van der Waals surface area (Å²) < 4.78 is 5.04. The molecule has 2 N–H and O–H groups in total. The SMILES string of the molecule is CN1C(=O)Cc2cc(C(N)c3ccoc3)ccc21. The van der Waals surface area contributed by atoms with Gasteiger partial charge < -0.3 is 15.1 Å². The number of rotatable bonds is 2. The van der Waals surface area contributed by atoms with Gasteiger partial charge in [-0.25, -0.2) is 0 Å². The van der Waals surface area contributed by atoms with Gasteiger partial charge in [0.25, 0.3) is 0 Å². The summed E-state index contributed by atoms with van der Waals surface area (Å²) in [5, 5.41) is 0. The molecule has 0 fully saturated rings. The number of hydrogen-bond donors (Lipinski definition) is 1. The molecule has 0 saturated heterocycles. The van der Waals surface area contributed by atoms with Crippen LogP contribution in [-0.4, -0.2) is 13.0 Å². The third-order valence-corrected chi connectivity index (χ3v) is 3.44. The highest BCUT2D eigenvalue weighted by Crippen LogP contribution is 2.31.